The minimum atomic E-state index is -0.510. The molecule has 26 heavy (non-hydrogen) atoms. The van der Waals surface area contributed by atoms with E-state index in [-0.39, 0.29) is 18.2 Å². The van der Waals surface area contributed by atoms with E-state index in [0.29, 0.717) is 29.3 Å². The Kier molecular flexibility index (Phi) is 5.53. The van der Waals surface area contributed by atoms with Gasteiger partial charge in [0, 0.05) is 6.54 Å². The summed E-state index contributed by atoms with van der Waals surface area (Å²) in [6.45, 7) is 4.55. The predicted molar refractivity (Wildman–Crippen MR) is 98.5 cm³/mol. The molecule has 0 unspecified atom stereocenters. The fourth-order valence-electron chi connectivity index (χ4n) is 2.94. The number of aryl methyl sites for hydroxylation is 1. The molecular formula is C18H21N3O4S. The van der Waals surface area contributed by atoms with Crippen molar-refractivity contribution in [1.82, 2.24) is 9.27 Å². The third-order valence-corrected chi connectivity index (χ3v) is 5.05. The summed E-state index contributed by atoms with van der Waals surface area (Å²) in [7, 11) is 1.30. The molecule has 1 aromatic carbocycles. The molecule has 1 aliphatic rings. The van der Waals surface area contributed by atoms with Crippen LogP contribution in [0.25, 0.3) is 0 Å². The van der Waals surface area contributed by atoms with Crippen molar-refractivity contribution in [2.24, 2.45) is 0 Å². The van der Waals surface area contributed by atoms with E-state index >= 15 is 0 Å². The topological polar surface area (TPSA) is 80.8 Å². The highest BCUT2D eigenvalue weighted by Crippen LogP contribution is 2.28. The Morgan fingerprint density at radius 1 is 1.31 bits per heavy atom. The first kappa shape index (κ1) is 18.3. The number of hydrogen-bond donors (Lipinski definition) is 1. The number of hydrogen-bond acceptors (Lipinski definition) is 6. The van der Waals surface area contributed by atoms with Gasteiger partial charge in [-0.2, -0.15) is 4.37 Å². The molecule has 1 N–H and O–H groups in total. The summed E-state index contributed by atoms with van der Waals surface area (Å²) in [5, 5.41) is 3.19. The van der Waals surface area contributed by atoms with Crippen molar-refractivity contribution in [2.45, 2.75) is 26.1 Å². The van der Waals surface area contributed by atoms with Crippen LogP contribution in [-0.4, -0.2) is 47.6 Å². The molecule has 2 aromatic rings. The lowest BCUT2D eigenvalue weighted by Gasteiger charge is -2.36. The molecule has 0 aliphatic carbocycles. The molecule has 7 nitrogen and oxygen atoms in total. The van der Waals surface area contributed by atoms with E-state index in [1.165, 1.54) is 7.11 Å². The maximum Gasteiger partial charge on any atom is 0.342 e. The van der Waals surface area contributed by atoms with Gasteiger partial charge < -0.3 is 14.4 Å². The number of methoxy groups -OCH3 is 1. The maximum atomic E-state index is 12.7. The van der Waals surface area contributed by atoms with Gasteiger partial charge in [0.25, 0.3) is 0 Å². The smallest absolute Gasteiger partial charge is 0.342 e. The number of urea groups is 1. The third-order valence-electron chi connectivity index (χ3n) is 4.19. The summed E-state index contributed by atoms with van der Waals surface area (Å²) >= 11 is 1.07. The Hall–Kier alpha value is -2.45. The number of anilines is 1. The molecule has 0 radical (unpaired) electrons. The molecule has 1 fully saturated rings. The number of ether oxygens (including phenoxy) is 2. The van der Waals surface area contributed by atoms with Crippen molar-refractivity contribution >= 4 is 28.5 Å². The maximum absolute atomic E-state index is 12.7. The van der Waals surface area contributed by atoms with Crippen LogP contribution >= 0.6 is 11.5 Å². The lowest BCUT2D eigenvalue weighted by molar-refractivity contribution is -0.0642. The lowest BCUT2D eigenvalue weighted by Crippen LogP contribution is -2.47. The summed E-state index contributed by atoms with van der Waals surface area (Å²) < 4.78 is 14.9. The van der Waals surface area contributed by atoms with Gasteiger partial charge in [-0.15, -0.1) is 0 Å². The largest absolute Gasteiger partial charge is 0.465 e. The molecule has 2 atom stereocenters. The highest BCUT2D eigenvalue weighted by Gasteiger charge is 2.30. The van der Waals surface area contributed by atoms with Crippen molar-refractivity contribution in [3.8, 4) is 0 Å². The summed E-state index contributed by atoms with van der Waals surface area (Å²) in [5.74, 6) is -0.510. The second-order valence-corrected chi connectivity index (χ2v) is 6.92. The summed E-state index contributed by atoms with van der Waals surface area (Å²) in [6.07, 6.45) is -0.281. The monoisotopic (exact) mass is 375 g/mol. The number of carbonyl (C=O) groups is 2. The zero-order valence-electron chi connectivity index (χ0n) is 14.9. The number of aromatic nitrogens is 1. The van der Waals surface area contributed by atoms with Gasteiger partial charge in [-0.1, -0.05) is 30.3 Å². The Labute approximate surface area is 156 Å². The van der Waals surface area contributed by atoms with Gasteiger partial charge in [0.1, 0.15) is 16.7 Å². The standard InChI is InChI=1S/C18H21N3O4S/c1-11-9-21(10-14(25-11)13-7-5-4-6-8-13)18(23)19-16-15(17(22)24-3)12(2)20-26-16/h4-8,11,14H,9-10H2,1-3H3,(H,19,23)/t11-,14-/m0/s1. The van der Waals surface area contributed by atoms with Crippen LogP contribution in [0.15, 0.2) is 30.3 Å². The van der Waals surface area contributed by atoms with Gasteiger partial charge in [0.05, 0.1) is 25.5 Å². The van der Waals surface area contributed by atoms with Crippen LogP contribution < -0.4 is 5.32 Å². The number of esters is 1. The zero-order chi connectivity index (χ0) is 18.7. The Morgan fingerprint density at radius 2 is 2.04 bits per heavy atom. The first-order valence-electron chi connectivity index (χ1n) is 8.30. The van der Waals surface area contributed by atoms with E-state index in [0.717, 1.165) is 17.1 Å². The third kappa shape index (κ3) is 3.86. The Balaban J connectivity index is 1.75. The average molecular weight is 375 g/mol. The van der Waals surface area contributed by atoms with E-state index in [9.17, 15) is 9.59 Å². The number of nitrogens with zero attached hydrogens (tertiary/aromatic N) is 2. The molecule has 0 bridgehead atoms. The van der Waals surface area contributed by atoms with E-state index in [1.54, 1.807) is 11.8 Å². The van der Waals surface area contributed by atoms with E-state index < -0.39 is 5.97 Å². The molecule has 3 rings (SSSR count). The van der Waals surface area contributed by atoms with Crippen molar-refractivity contribution in [2.75, 3.05) is 25.5 Å². The summed E-state index contributed by atoms with van der Waals surface area (Å²) in [4.78, 5) is 26.4. The minimum Gasteiger partial charge on any atom is -0.465 e. The molecule has 0 saturated carbocycles. The van der Waals surface area contributed by atoms with Gasteiger partial charge in [-0.05, 0) is 30.9 Å². The number of morpholine rings is 1. The second kappa shape index (κ2) is 7.84. The number of amides is 2. The highest BCUT2D eigenvalue weighted by molar-refractivity contribution is 7.11. The molecule has 1 saturated heterocycles. The van der Waals surface area contributed by atoms with Crippen LogP contribution in [0.1, 0.15) is 34.6 Å². The first-order chi connectivity index (χ1) is 12.5. The van der Waals surface area contributed by atoms with Crippen LogP contribution in [0.3, 0.4) is 0 Å². The van der Waals surface area contributed by atoms with Crippen LogP contribution in [0.2, 0.25) is 0 Å². The van der Waals surface area contributed by atoms with Gasteiger partial charge in [0.2, 0.25) is 0 Å². The summed E-state index contributed by atoms with van der Waals surface area (Å²) in [6, 6.07) is 9.54. The fourth-order valence-corrected chi connectivity index (χ4v) is 3.72. The molecule has 138 valence electrons. The SMILES string of the molecule is COC(=O)c1c(C)nsc1NC(=O)N1C[C@@H](c2ccccc2)O[C@@H](C)C1. The van der Waals surface area contributed by atoms with Crippen molar-refractivity contribution in [3.63, 3.8) is 0 Å². The number of benzene rings is 1. The van der Waals surface area contributed by atoms with Gasteiger partial charge in [-0.3, -0.25) is 5.32 Å². The molecule has 2 amide bonds. The van der Waals surface area contributed by atoms with Crippen molar-refractivity contribution in [3.05, 3.63) is 47.2 Å². The highest BCUT2D eigenvalue weighted by atomic mass is 32.1. The van der Waals surface area contributed by atoms with Crippen LogP contribution in [0, 0.1) is 6.92 Å². The zero-order valence-corrected chi connectivity index (χ0v) is 15.7. The van der Waals surface area contributed by atoms with E-state index in [4.69, 9.17) is 9.47 Å². The van der Waals surface area contributed by atoms with Crippen molar-refractivity contribution < 1.29 is 19.1 Å². The predicted octanol–water partition coefficient (Wildman–Crippen LogP) is 3.23. The van der Waals surface area contributed by atoms with Crippen LogP contribution in [0.5, 0.6) is 0 Å². The van der Waals surface area contributed by atoms with Crippen LogP contribution in [-0.2, 0) is 9.47 Å². The summed E-state index contributed by atoms with van der Waals surface area (Å²) in [5.41, 5.74) is 1.86. The number of rotatable bonds is 3. The number of carbonyl (C=O) groups excluding carboxylic acids is 2. The first-order valence-corrected chi connectivity index (χ1v) is 9.07. The molecule has 0 spiro atoms. The normalized spacial score (nSPS) is 19.9. The Bertz CT molecular complexity index is 793. The molecule has 1 aliphatic heterocycles. The molecule has 1 aromatic heterocycles. The minimum absolute atomic E-state index is 0.0945. The number of nitrogens with one attached hydrogen (secondary N) is 1. The van der Waals surface area contributed by atoms with E-state index in [2.05, 4.69) is 9.69 Å². The van der Waals surface area contributed by atoms with Gasteiger partial charge >= 0.3 is 12.0 Å². The van der Waals surface area contributed by atoms with Gasteiger partial charge in [-0.25, -0.2) is 9.59 Å². The fraction of sp³-hybridized carbons (Fsp3) is 0.389. The molecule has 8 heteroatoms. The Morgan fingerprint density at radius 3 is 2.73 bits per heavy atom. The second-order valence-electron chi connectivity index (χ2n) is 6.14. The van der Waals surface area contributed by atoms with Crippen LogP contribution in [0.4, 0.5) is 9.80 Å². The quantitative estimate of drug-likeness (QED) is 0.833. The molecular weight excluding hydrogens is 354 g/mol. The lowest BCUT2D eigenvalue weighted by atomic mass is 10.1. The van der Waals surface area contributed by atoms with Crippen molar-refractivity contribution in [1.29, 1.82) is 0 Å². The van der Waals surface area contributed by atoms with E-state index in [1.807, 2.05) is 37.3 Å². The molecule has 2 heterocycles. The average Bonchev–Trinajstić information content (AvgIpc) is 3.01. The van der Waals surface area contributed by atoms with Gasteiger partial charge in [0.15, 0.2) is 0 Å².